The SMILES string of the molecule is COc1cc(CNCCC(C)SC)cc2c1OCCO2. The number of hydrogen-bond acceptors (Lipinski definition) is 5. The third-order valence-corrected chi connectivity index (χ3v) is 4.39. The number of thioether (sulfide) groups is 1. The molecule has 20 heavy (non-hydrogen) atoms. The average molecular weight is 297 g/mol. The molecule has 1 aromatic carbocycles. The van der Waals surface area contributed by atoms with Gasteiger partial charge in [0.1, 0.15) is 13.2 Å². The van der Waals surface area contributed by atoms with Crippen LogP contribution in [0.4, 0.5) is 0 Å². The highest BCUT2D eigenvalue weighted by Gasteiger charge is 2.18. The van der Waals surface area contributed by atoms with Crippen LogP contribution in [0.15, 0.2) is 12.1 Å². The second kappa shape index (κ2) is 7.64. The summed E-state index contributed by atoms with van der Waals surface area (Å²) < 4.78 is 16.6. The third kappa shape index (κ3) is 3.96. The summed E-state index contributed by atoms with van der Waals surface area (Å²) in [5.74, 6) is 2.25. The van der Waals surface area contributed by atoms with Crippen molar-refractivity contribution in [2.45, 2.75) is 25.1 Å². The van der Waals surface area contributed by atoms with Crippen molar-refractivity contribution < 1.29 is 14.2 Å². The lowest BCUT2D eigenvalue weighted by molar-refractivity contribution is 0.165. The van der Waals surface area contributed by atoms with Crippen molar-refractivity contribution >= 4 is 11.8 Å². The monoisotopic (exact) mass is 297 g/mol. The fourth-order valence-corrected chi connectivity index (χ4v) is 2.44. The van der Waals surface area contributed by atoms with Crippen molar-refractivity contribution in [2.75, 3.05) is 33.1 Å². The van der Waals surface area contributed by atoms with E-state index in [9.17, 15) is 0 Å². The zero-order valence-corrected chi connectivity index (χ0v) is 13.2. The molecule has 112 valence electrons. The number of nitrogens with one attached hydrogen (secondary N) is 1. The van der Waals surface area contributed by atoms with Crippen molar-refractivity contribution in [3.8, 4) is 17.2 Å². The summed E-state index contributed by atoms with van der Waals surface area (Å²) in [7, 11) is 1.66. The number of rotatable bonds is 7. The van der Waals surface area contributed by atoms with E-state index in [1.165, 1.54) is 6.42 Å². The zero-order chi connectivity index (χ0) is 14.4. The average Bonchev–Trinajstić information content (AvgIpc) is 2.50. The van der Waals surface area contributed by atoms with Crippen LogP contribution >= 0.6 is 11.8 Å². The number of fused-ring (bicyclic) bond motifs is 1. The van der Waals surface area contributed by atoms with Crippen molar-refractivity contribution in [1.29, 1.82) is 0 Å². The fraction of sp³-hybridized carbons (Fsp3) is 0.600. The molecule has 0 aliphatic carbocycles. The molecule has 1 aliphatic rings. The molecule has 1 aromatic rings. The van der Waals surface area contributed by atoms with Gasteiger partial charge in [0, 0.05) is 11.8 Å². The minimum absolute atomic E-state index is 0.577. The summed E-state index contributed by atoms with van der Waals surface area (Å²) in [6.45, 7) is 5.25. The quantitative estimate of drug-likeness (QED) is 0.784. The minimum Gasteiger partial charge on any atom is -0.493 e. The van der Waals surface area contributed by atoms with Gasteiger partial charge in [-0.15, -0.1) is 0 Å². The Labute approximate surface area is 125 Å². The van der Waals surface area contributed by atoms with Crippen LogP contribution < -0.4 is 19.5 Å². The van der Waals surface area contributed by atoms with Gasteiger partial charge in [0.15, 0.2) is 11.5 Å². The molecule has 0 aromatic heterocycles. The first kappa shape index (κ1) is 15.3. The van der Waals surface area contributed by atoms with Crippen LogP contribution in [0.2, 0.25) is 0 Å². The van der Waals surface area contributed by atoms with Gasteiger partial charge in [0.25, 0.3) is 0 Å². The Hall–Kier alpha value is -1.07. The highest BCUT2D eigenvalue weighted by Crippen LogP contribution is 2.40. The standard InChI is InChI=1S/C15H23NO3S/c1-11(20-3)4-5-16-10-12-8-13(17-2)15-14(9-12)18-6-7-19-15/h8-9,11,16H,4-7,10H2,1-3H3. The zero-order valence-electron chi connectivity index (χ0n) is 12.4. The van der Waals surface area contributed by atoms with E-state index in [0.717, 1.165) is 35.9 Å². The third-order valence-electron chi connectivity index (χ3n) is 3.35. The molecule has 0 saturated heterocycles. The van der Waals surface area contributed by atoms with E-state index in [-0.39, 0.29) is 0 Å². The van der Waals surface area contributed by atoms with Crippen molar-refractivity contribution in [2.24, 2.45) is 0 Å². The van der Waals surface area contributed by atoms with Crippen LogP contribution in [0.1, 0.15) is 18.9 Å². The molecule has 0 saturated carbocycles. The Bertz CT molecular complexity index is 422. The molecule has 5 heteroatoms. The van der Waals surface area contributed by atoms with Crippen LogP contribution in [-0.4, -0.2) is 38.4 Å². The fourth-order valence-electron chi connectivity index (χ4n) is 2.09. The van der Waals surface area contributed by atoms with Crippen LogP contribution in [0.5, 0.6) is 17.2 Å². The lowest BCUT2D eigenvalue weighted by Gasteiger charge is -2.21. The summed E-state index contributed by atoms with van der Waals surface area (Å²) in [6.07, 6.45) is 3.32. The van der Waals surface area contributed by atoms with Gasteiger partial charge >= 0.3 is 0 Å². The summed E-state index contributed by atoms with van der Waals surface area (Å²) in [5, 5.41) is 4.15. The molecule has 0 spiro atoms. The van der Waals surface area contributed by atoms with Crippen LogP contribution in [0, 0.1) is 0 Å². The molecule has 0 amide bonds. The van der Waals surface area contributed by atoms with E-state index < -0.39 is 0 Å². The molecule has 4 nitrogen and oxygen atoms in total. The van der Waals surface area contributed by atoms with E-state index >= 15 is 0 Å². The number of benzene rings is 1. The molecule has 0 fully saturated rings. The first-order valence-corrected chi connectivity index (χ1v) is 8.23. The Kier molecular flexibility index (Phi) is 5.86. The molecule has 2 rings (SSSR count). The lowest BCUT2D eigenvalue weighted by atomic mass is 10.1. The number of hydrogen-bond donors (Lipinski definition) is 1. The van der Waals surface area contributed by atoms with Crippen molar-refractivity contribution in [3.63, 3.8) is 0 Å². The normalized spacial score (nSPS) is 14.9. The minimum atomic E-state index is 0.577. The van der Waals surface area contributed by atoms with Crippen LogP contribution in [-0.2, 0) is 6.54 Å². The van der Waals surface area contributed by atoms with E-state index in [4.69, 9.17) is 14.2 Å². The molecule has 1 unspecified atom stereocenters. The van der Waals surface area contributed by atoms with E-state index in [1.54, 1.807) is 7.11 Å². The van der Waals surface area contributed by atoms with Crippen LogP contribution in [0.25, 0.3) is 0 Å². The Balaban J connectivity index is 1.94. The second-order valence-corrected chi connectivity index (χ2v) is 6.11. The second-order valence-electron chi connectivity index (χ2n) is 4.83. The summed E-state index contributed by atoms with van der Waals surface area (Å²) >= 11 is 1.90. The van der Waals surface area contributed by atoms with E-state index in [0.29, 0.717) is 18.5 Å². The topological polar surface area (TPSA) is 39.7 Å². The van der Waals surface area contributed by atoms with Crippen LogP contribution in [0.3, 0.4) is 0 Å². The lowest BCUT2D eigenvalue weighted by Crippen LogP contribution is -2.19. The Morgan fingerprint density at radius 3 is 2.90 bits per heavy atom. The molecule has 0 bridgehead atoms. The smallest absolute Gasteiger partial charge is 0.203 e. The predicted molar refractivity (Wildman–Crippen MR) is 83.3 cm³/mol. The number of ether oxygens (including phenoxy) is 3. The molecular weight excluding hydrogens is 274 g/mol. The first-order chi connectivity index (χ1) is 9.74. The van der Waals surface area contributed by atoms with Gasteiger partial charge in [0.2, 0.25) is 5.75 Å². The Morgan fingerprint density at radius 2 is 2.15 bits per heavy atom. The van der Waals surface area contributed by atoms with Gasteiger partial charge < -0.3 is 19.5 Å². The molecule has 0 radical (unpaired) electrons. The molecular formula is C15H23NO3S. The van der Waals surface area contributed by atoms with Gasteiger partial charge in [-0.1, -0.05) is 6.92 Å². The first-order valence-electron chi connectivity index (χ1n) is 6.94. The number of methoxy groups -OCH3 is 1. The molecule has 1 heterocycles. The van der Waals surface area contributed by atoms with E-state index in [1.807, 2.05) is 23.9 Å². The summed E-state index contributed by atoms with van der Waals surface area (Å²) in [4.78, 5) is 0. The molecule has 1 aliphatic heterocycles. The van der Waals surface area contributed by atoms with Gasteiger partial charge in [-0.3, -0.25) is 0 Å². The Morgan fingerprint density at radius 1 is 1.35 bits per heavy atom. The summed E-state index contributed by atoms with van der Waals surface area (Å²) in [6, 6.07) is 4.04. The molecule has 1 atom stereocenters. The van der Waals surface area contributed by atoms with Gasteiger partial charge in [0.05, 0.1) is 7.11 Å². The predicted octanol–water partition coefficient (Wildman–Crippen LogP) is 2.70. The maximum absolute atomic E-state index is 5.63. The summed E-state index contributed by atoms with van der Waals surface area (Å²) in [5.41, 5.74) is 1.16. The van der Waals surface area contributed by atoms with Gasteiger partial charge in [-0.05, 0) is 36.9 Å². The van der Waals surface area contributed by atoms with Gasteiger partial charge in [-0.2, -0.15) is 11.8 Å². The molecule has 1 N–H and O–H groups in total. The highest BCUT2D eigenvalue weighted by atomic mass is 32.2. The van der Waals surface area contributed by atoms with Gasteiger partial charge in [-0.25, -0.2) is 0 Å². The van der Waals surface area contributed by atoms with E-state index in [2.05, 4.69) is 18.5 Å². The largest absolute Gasteiger partial charge is 0.493 e. The highest BCUT2D eigenvalue weighted by molar-refractivity contribution is 7.99. The van der Waals surface area contributed by atoms with Crippen molar-refractivity contribution in [3.05, 3.63) is 17.7 Å². The van der Waals surface area contributed by atoms with Crippen molar-refractivity contribution in [1.82, 2.24) is 5.32 Å². The maximum Gasteiger partial charge on any atom is 0.203 e. The maximum atomic E-state index is 5.63.